The Labute approximate surface area is 126 Å². The van der Waals surface area contributed by atoms with E-state index in [2.05, 4.69) is 36.4 Å². The largest absolute Gasteiger partial charge is 0.488 e. The van der Waals surface area contributed by atoms with Crippen LogP contribution in [0.3, 0.4) is 0 Å². The molecule has 0 heterocycles. The van der Waals surface area contributed by atoms with Gasteiger partial charge in [-0.3, -0.25) is 0 Å². The van der Waals surface area contributed by atoms with Crippen molar-refractivity contribution in [2.45, 2.75) is 19.1 Å². The van der Waals surface area contributed by atoms with Gasteiger partial charge in [0.25, 0.3) is 0 Å². The topological polar surface area (TPSA) is 27.7 Å². The summed E-state index contributed by atoms with van der Waals surface area (Å²) in [5, 5.41) is 0. The lowest BCUT2D eigenvalue weighted by atomic mass is 10.1. The Morgan fingerprint density at radius 3 is 1.95 bits per heavy atom. The number of methoxy groups -OCH3 is 2. The van der Waals surface area contributed by atoms with Crippen molar-refractivity contribution >= 4 is 0 Å². The van der Waals surface area contributed by atoms with Crippen LogP contribution in [0.25, 0.3) is 0 Å². The molecule has 0 N–H and O–H groups in total. The summed E-state index contributed by atoms with van der Waals surface area (Å²) in [5.74, 6) is 0.0926. The van der Waals surface area contributed by atoms with Gasteiger partial charge < -0.3 is 14.2 Å². The maximum atomic E-state index is 5.71. The van der Waals surface area contributed by atoms with E-state index >= 15 is 0 Å². The maximum Gasteiger partial charge on any atom is 0.199 e. The summed E-state index contributed by atoms with van der Waals surface area (Å²) in [5.41, 5.74) is 2.56. The molecule has 0 aliphatic carbocycles. The molecule has 0 bridgehead atoms. The second kappa shape index (κ2) is 7.25. The van der Waals surface area contributed by atoms with Gasteiger partial charge in [-0.05, 0) is 36.6 Å². The molecule has 0 unspecified atom stereocenters. The highest BCUT2D eigenvalue weighted by Crippen LogP contribution is 2.18. The second-order valence-corrected chi connectivity index (χ2v) is 5.14. The standard InChI is InChI=1S/C18H22O3/c1-18(19-2,20-3)14-21-17-11-9-16(10-12-17)13-15-7-5-4-6-8-15/h4-12H,13-14H2,1-3H3. The fourth-order valence-electron chi connectivity index (χ4n) is 1.95. The molecule has 0 aliphatic rings. The van der Waals surface area contributed by atoms with Crippen LogP contribution in [0.2, 0.25) is 0 Å². The van der Waals surface area contributed by atoms with E-state index in [1.165, 1.54) is 11.1 Å². The van der Waals surface area contributed by atoms with E-state index in [1.54, 1.807) is 14.2 Å². The Morgan fingerprint density at radius 1 is 0.810 bits per heavy atom. The summed E-state index contributed by atoms with van der Waals surface area (Å²) in [6.45, 7) is 2.19. The molecule has 2 aromatic rings. The Bertz CT molecular complexity index is 530. The third kappa shape index (κ3) is 4.59. The number of hydrogen-bond acceptors (Lipinski definition) is 3. The molecule has 0 saturated heterocycles. The molecule has 0 atom stereocenters. The Morgan fingerprint density at radius 2 is 1.38 bits per heavy atom. The van der Waals surface area contributed by atoms with Gasteiger partial charge in [-0.2, -0.15) is 0 Å². The van der Waals surface area contributed by atoms with Gasteiger partial charge in [-0.25, -0.2) is 0 Å². The first-order chi connectivity index (χ1) is 10.1. The van der Waals surface area contributed by atoms with E-state index in [9.17, 15) is 0 Å². The van der Waals surface area contributed by atoms with Crippen LogP contribution in [0.15, 0.2) is 54.6 Å². The summed E-state index contributed by atoms with van der Waals surface area (Å²) in [6, 6.07) is 18.5. The fraction of sp³-hybridized carbons (Fsp3) is 0.333. The van der Waals surface area contributed by atoms with Gasteiger partial charge in [0.1, 0.15) is 12.4 Å². The molecule has 2 aromatic carbocycles. The van der Waals surface area contributed by atoms with Gasteiger partial charge in [0.2, 0.25) is 0 Å². The summed E-state index contributed by atoms with van der Waals surface area (Å²) in [4.78, 5) is 0. The zero-order valence-corrected chi connectivity index (χ0v) is 12.8. The van der Waals surface area contributed by atoms with Crippen LogP contribution in [0.5, 0.6) is 5.75 Å². The van der Waals surface area contributed by atoms with Gasteiger partial charge in [0.15, 0.2) is 5.79 Å². The molecule has 0 spiro atoms. The summed E-state index contributed by atoms with van der Waals surface area (Å²) >= 11 is 0. The van der Waals surface area contributed by atoms with Crippen LogP contribution in [0, 0.1) is 0 Å². The summed E-state index contributed by atoms with van der Waals surface area (Å²) in [6.07, 6.45) is 0.926. The van der Waals surface area contributed by atoms with Gasteiger partial charge in [0.05, 0.1) is 0 Å². The number of hydrogen-bond donors (Lipinski definition) is 0. The average molecular weight is 286 g/mol. The molecular weight excluding hydrogens is 264 g/mol. The first-order valence-electron chi connectivity index (χ1n) is 7.01. The molecule has 0 amide bonds. The molecule has 0 fully saturated rings. The first-order valence-corrected chi connectivity index (χ1v) is 7.01. The van der Waals surface area contributed by atoms with Crippen LogP contribution in [0.1, 0.15) is 18.1 Å². The van der Waals surface area contributed by atoms with Crippen LogP contribution >= 0.6 is 0 Å². The lowest BCUT2D eigenvalue weighted by Crippen LogP contribution is -2.36. The third-order valence-electron chi connectivity index (χ3n) is 3.54. The quantitative estimate of drug-likeness (QED) is 0.727. The average Bonchev–Trinajstić information content (AvgIpc) is 2.55. The van der Waals surface area contributed by atoms with Crippen molar-refractivity contribution in [2.75, 3.05) is 20.8 Å². The SMILES string of the molecule is COC(C)(COc1ccc(Cc2ccccc2)cc1)OC. The predicted molar refractivity (Wildman–Crippen MR) is 83.6 cm³/mol. The van der Waals surface area contributed by atoms with E-state index in [-0.39, 0.29) is 0 Å². The Kier molecular flexibility index (Phi) is 5.37. The molecule has 2 rings (SSSR count). The minimum atomic E-state index is -0.720. The second-order valence-electron chi connectivity index (χ2n) is 5.14. The Hall–Kier alpha value is -1.84. The van der Waals surface area contributed by atoms with Crippen molar-refractivity contribution in [3.05, 3.63) is 65.7 Å². The third-order valence-corrected chi connectivity index (χ3v) is 3.54. The van der Waals surface area contributed by atoms with Crippen molar-refractivity contribution in [3.63, 3.8) is 0 Å². The molecule has 3 heteroatoms. The monoisotopic (exact) mass is 286 g/mol. The minimum Gasteiger partial charge on any atom is -0.488 e. The van der Waals surface area contributed by atoms with Crippen LogP contribution in [0.4, 0.5) is 0 Å². The summed E-state index contributed by atoms with van der Waals surface area (Å²) < 4.78 is 16.2. The van der Waals surface area contributed by atoms with Crippen LogP contribution in [-0.4, -0.2) is 26.6 Å². The van der Waals surface area contributed by atoms with Crippen LogP contribution in [-0.2, 0) is 15.9 Å². The zero-order valence-electron chi connectivity index (χ0n) is 12.8. The lowest BCUT2D eigenvalue weighted by Gasteiger charge is -2.26. The van der Waals surface area contributed by atoms with E-state index in [0.29, 0.717) is 6.61 Å². The highest BCUT2D eigenvalue weighted by Gasteiger charge is 2.23. The highest BCUT2D eigenvalue weighted by atomic mass is 16.7. The Balaban J connectivity index is 1.93. The van der Waals surface area contributed by atoms with Crippen LogP contribution < -0.4 is 4.74 Å². The van der Waals surface area contributed by atoms with E-state index < -0.39 is 5.79 Å². The first kappa shape index (κ1) is 15.5. The normalized spacial score (nSPS) is 11.4. The smallest absolute Gasteiger partial charge is 0.199 e. The van der Waals surface area contributed by atoms with Crippen molar-refractivity contribution in [1.82, 2.24) is 0 Å². The van der Waals surface area contributed by atoms with Crippen molar-refractivity contribution < 1.29 is 14.2 Å². The van der Waals surface area contributed by atoms with Crippen molar-refractivity contribution in [2.24, 2.45) is 0 Å². The lowest BCUT2D eigenvalue weighted by molar-refractivity contribution is -0.209. The van der Waals surface area contributed by atoms with E-state index in [1.807, 2.05) is 25.1 Å². The molecule has 3 nitrogen and oxygen atoms in total. The number of benzene rings is 2. The molecular formula is C18H22O3. The number of rotatable bonds is 7. The van der Waals surface area contributed by atoms with Gasteiger partial charge in [-0.1, -0.05) is 42.5 Å². The fourth-order valence-corrected chi connectivity index (χ4v) is 1.95. The minimum absolute atomic E-state index is 0.345. The maximum absolute atomic E-state index is 5.71. The van der Waals surface area contributed by atoms with Gasteiger partial charge in [0, 0.05) is 14.2 Å². The van der Waals surface area contributed by atoms with Crippen molar-refractivity contribution in [1.29, 1.82) is 0 Å². The molecule has 112 valence electrons. The van der Waals surface area contributed by atoms with Gasteiger partial charge in [-0.15, -0.1) is 0 Å². The molecule has 0 aromatic heterocycles. The molecule has 21 heavy (non-hydrogen) atoms. The van der Waals surface area contributed by atoms with Crippen molar-refractivity contribution in [3.8, 4) is 5.75 Å². The predicted octanol–water partition coefficient (Wildman–Crippen LogP) is 3.67. The summed E-state index contributed by atoms with van der Waals surface area (Å²) in [7, 11) is 3.21. The molecule has 0 saturated carbocycles. The van der Waals surface area contributed by atoms with E-state index in [0.717, 1.165) is 12.2 Å². The zero-order chi connectivity index (χ0) is 15.1. The highest BCUT2D eigenvalue weighted by molar-refractivity contribution is 5.31. The van der Waals surface area contributed by atoms with E-state index in [4.69, 9.17) is 14.2 Å². The van der Waals surface area contributed by atoms with Gasteiger partial charge >= 0.3 is 0 Å². The number of ether oxygens (including phenoxy) is 3. The molecule has 0 radical (unpaired) electrons. The molecule has 0 aliphatic heterocycles.